The molecule has 1 saturated carbocycles. The van der Waals surface area contributed by atoms with E-state index in [9.17, 15) is 0 Å². The lowest BCUT2D eigenvalue weighted by Gasteiger charge is -2.29. The van der Waals surface area contributed by atoms with E-state index in [1.807, 2.05) is 7.05 Å². The Balaban J connectivity index is 2.56. The zero-order valence-corrected chi connectivity index (χ0v) is 6.85. The second-order valence-electron chi connectivity index (χ2n) is 3.44. The molecule has 0 aromatic rings. The summed E-state index contributed by atoms with van der Waals surface area (Å²) in [5.74, 6) is 0.470. The van der Waals surface area contributed by atoms with E-state index in [0.29, 0.717) is 12.5 Å². The predicted molar refractivity (Wildman–Crippen MR) is 41.9 cm³/mol. The second-order valence-corrected chi connectivity index (χ2v) is 3.44. The summed E-state index contributed by atoms with van der Waals surface area (Å²) in [6.07, 6.45) is 3.63. The van der Waals surface area contributed by atoms with Crippen molar-refractivity contribution in [3.63, 3.8) is 0 Å². The van der Waals surface area contributed by atoms with Crippen LogP contribution in [0, 0.1) is 5.92 Å². The zero-order chi connectivity index (χ0) is 7.61. The zero-order valence-electron chi connectivity index (χ0n) is 6.85. The molecular weight excluding hydrogens is 126 g/mol. The van der Waals surface area contributed by atoms with Crippen molar-refractivity contribution in [3.8, 4) is 0 Å². The smallest absolute Gasteiger partial charge is 0.0476 e. The topological polar surface area (TPSA) is 32.3 Å². The van der Waals surface area contributed by atoms with Gasteiger partial charge in [-0.3, -0.25) is 0 Å². The number of hydrogen-bond acceptors (Lipinski definition) is 2. The van der Waals surface area contributed by atoms with Crippen LogP contribution in [0.1, 0.15) is 26.2 Å². The van der Waals surface area contributed by atoms with Crippen molar-refractivity contribution in [1.82, 2.24) is 5.32 Å². The van der Waals surface area contributed by atoms with Crippen molar-refractivity contribution >= 4 is 0 Å². The molecule has 0 spiro atoms. The maximum absolute atomic E-state index is 8.99. The minimum Gasteiger partial charge on any atom is -0.396 e. The van der Waals surface area contributed by atoms with Crippen molar-refractivity contribution < 1.29 is 5.11 Å². The van der Waals surface area contributed by atoms with Crippen LogP contribution < -0.4 is 5.32 Å². The SMILES string of the molecule is CNC1(C)CCCC1CO. The molecule has 10 heavy (non-hydrogen) atoms. The second kappa shape index (κ2) is 2.89. The fourth-order valence-electron chi connectivity index (χ4n) is 1.86. The summed E-state index contributed by atoms with van der Waals surface area (Å²) in [5.41, 5.74) is 0.203. The van der Waals surface area contributed by atoms with Gasteiger partial charge in [0.15, 0.2) is 0 Å². The van der Waals surface area contributed by atoms with E-state index in [4.69, 9.17) is 5.11 Å². The summed E-state index contributed by atoms with van der Waals surface area (Å²) in [6.45, 7) is 2.53. The third kappa shape index (κ3) is 1.18. The Kier molecular flexibility index (Phi) is 2.32. The maximum Gasteiger partial charge on any atom is 0.0476 e. The van der Waals surface area contributed by atoms with Crippen molar-refractivity contribution in [3.05, 3.63) is 0 Å². The van der Waals surface area contributed by atoms with Crippen molar-refractivity contribution in [2.75, 3.05) is 13.7 Å². The van der Waals surface area contributed by atoms with E-state index in [-0.39, 0.29) is 5.54 Å². The molecule has 2 unspecified atom stereocenters. The van der Waals surface area contributed by atoms with Gasteiger partial charge in [-0.1, -0.05) is 6.42 Å². The first kappa shape index (κ1) is 8.02. The van der Waals surface area contributed by atoms with Gasteiger partial charge in [-0.15, -0.1) is 0 Å². The Labute approximate surface area is 62.6 Å². The minimum absolute atomic E-state index is 0.203. The number of rotatable bonds is 2. The van der Waals surface area contributed by atoms with E-state index >= 15 is 0 Å². The van der Waals surface area contributed by atoms with Crippen LogP contribution in [0.4, 0.5) is 0 Å². The lowest BCUT2D eigenvalue weighted by molar-refractivity contribution is 0.164. The van der Waals surface area contributed by atoms with Gasteiger partial charge in [0.05, 0.1) is 0 Å². The quantitative estimate of drug-likeness (QED) is 0.598. The molecule has 1 rings (SSSR count). The summed E-state index contributed by atoms with van der Waals surface area (Å²) in [6, 6.07) is 0. The third-order valence-electron chi connectivity index (χ3n) is 2.94. The summed E-state index contributed by atoms with van der Waals surface area (Å²) in [5, 5.41) is 12.3. The van der Waals surface area contributed by atoms with Gasteiger partial charge < -0.3 is 10.4 Å². The molecule has 2 atom stereocenters. The molecule has 1 aliphatic carbocycles. The summed E-state index contributed by atoms with van der Waals surface area (Å²) in [4.78, 5) is 0. The van der Waals surface area contributed by atoms with Gasteiger partial charge in [-0.05, 0) is 32.7 Å². The first-order valence-corrected chi connectivity index (χ1v) is 4.02. The first-order valence-electron chi connectivity index (χ1n) is 4.02. The predicted octanol–water partition coefficient (Wildman–Crippen LogP) is 0.757. The summed E-state index contributed by atoms with van der Waals surface area (Å²) in [7, 11) is 1.98. The molecule has 0 aromatic carbocycles. The monoisotopic (exact) mass is 143 g/mol. The Bertz CT molecular complexity index is 116. The van der Waals surface area contributed by atoms with Crippen LogP contribution in [-0.2, 0) is 0 Å². The van der Waals surface area contributed by atoms with Gasteiger partial charge in [0, 0.05) is 12.1 Å². The van der Waals surface area contributed by atoms with Gasteiger partial charge in [-0.2, -0.15) is 0 Å². The fraction of sp³-hybridized carbons (Fsp3) is 1.00. The molecule has 0 aromatic heterocycles. The van der Waals surface area contributed by atoms with Gasteiger partial charge in [0.2, 0.25) is 0 Å². The van der Waals surface area contributed by atoms with Crippen LogP contribution in [-0.4, -0.2) is 24.3 Å². The van der Waals surface area contributed by atoms with E-state index in [1.54, 1.807) is 0 Å². The summed E-state index contributed by atoms with van der Waals surface area (Å²) < 4.78 is 0. The molecule has 60 valence electrons. The molecule has 0 saturated heterocycles. The lowest BCUT2D eigenvalue weighted by atomic mass is 9.90. The van der Waals surface area contributed by atoms with Gasteiger partial charge in [0.25, 0.3) is 0 Å². The van der Waals surface area contributed by atoms with Crippen LogP contribution in [0.15, 0.2) is 0 Å². The Morgan fingerprint density at radius 1 is 1.70 bits per heavy atom. The van der Waals surface area contributed by atoms with Crippen LogP contribution in [0.25, 0.3) is 0 Å². The molecule has 0 heterocycles. The van der Waals surface area contributed by atoms with Gasteiger partial charge in [-0.25, -0.2) is 0 Å². The molecule has 2 N–H and O–H groups in total. The number of nitrogens with one attached hydrogen (secondary N) is 1. The Hall–Kier alpha value is -0.0800. The van der Waals surface area contributed by atoms with Crippen LogP contribution in [0.5, 0.6) is 0 Å². The normalized spacial score (nSPS) is 40.5. The molecule has 1 fully saturated rings. The summed E-state index contributed by atoms with van der Waals surface area (Å²) >= 11 is 0. The van der Waals surface area contributed by atoms with E-state index < -0.39 is 0 Å². The highest BCUT2D eigenvalue weighted by atomic mass is 16.3. The van der Waals surface area contributed by atoms with Gasteiger partial charge in [0.1, 0.15) is 0 Å². The number of aliphatic hydroxyl groups is 1. The molecular formula is C8H17NO. The average molecular weight is 143 g/mol. The van der Waals surface area contributed by atoms with Crippen LogP contribution in [0.3, 0.4) is 0 Å². The highest BCUT2D eigenvalue weighted by Gasteiger charge is 2.36. The van der Waals surface area contributed by atoms with Gasteiger partial charge >= 0.3 is 0 Å². The van der Waals surface area contributed by atoms with E-state index in [1.165, 1.54) is 19.3 Å². The lowest BCUT2D eigenvalue weighted by Crippen LogP contribution is -2.44. The number of hydrogen-bond donors (Lipinski definition) is 2. The van der Waals surface area contributed by atoms with Crippen LogP contribution >= 0.6 is 0 Å². The molecule has 0 bridgehead atoms. The first-order chi connectivity index (χ1) is 4.73. The van der Waals surface area contributed by atoms with Crippen molar-refractivity contribution in [1.29, 1.82) is 0 Å². The van der Waals surface area contributed by atoms with E-state index in [0.717, 1.165) is 0 Å². The van der Waals surface area contributed by atoms with Crippen LogP contribution in [0.2, 0.25) is 0 Å². The largest absolute Gasteiger partial charge is 0.396 e. The maximum atomic E-state index is 8.99. The van der Waals surface area contributed by atoms with E-state index in [2.05, 4.69) is 12.2 Å². The standard InChI is InChI=1S/C8H17NO/c1-8(9-2)5-3-4-7(8)6-10/h7,9-10H,3-6H2,1-2H3. The number of aliphatic hydroxyl groups excluding tert-OH is 1. The average Bonchev–Trinajstić information content (AvgIpc) is 2.32. The molecule has 2 nitrogen and oxygen atoms in total. The highest BCUT2D eigenvalue weighted by molar-refractivity contribution is 4.94. The molecule has 1 aliphatic rings. The fourth-order valence-corrected chi connectivity index (χ4v) is 1.86. The third-order valence-corrected chi connectivity index (χ3v) is 2.94. The molecule has 0 amide bonds. The minimum atomic E-state index is 0.203. The molecule has 0 aliphatic heterocycles. The van der Waals surface area contributed by atoms with Crippen molar-refractivity contribution in [2.45, 2.75) is 31.7 Å². The molecule has 0 radical (unpaired) electrons. The highest BCUT2D eigenvalue weighted by Crippen LogP contribution is 2.34. The Morgan fingerprint density at radius 3 is 2.80 bits per heavy atom. The Morgan fingerprint density at radius 2 is 2.40 bits per heavy atom. The van der Waals surface area contributed by atoms with Crippen molar-refractivity contribution in [2.24, 2.45) is 5.92 Å². The molecule has 2 heteroatoms.